The number of hydrogen-bond acceptors (Lipinski definition) is 5. The van der Waals surface area contributed by atoms with Gasteiger partial charge in [0.25, 0.3) is 0 Å². The highest BCUT2D eigenvalue weighted by atomic mass is 31.2. The molecule has 1 aliphatic carbocycles. The number of Topliss-reactive ketones (excluding diaryl/α,β-unsaturated/α-hetero) is 1. The average molecular weight is 272 g/mol. The lowest BCUT2D eigenvalue weighted by atomic mass is 10.1. The summed E-state index contributed by atoms with van der Waals surface area (Å²) in [6, 6.07) is 0. The first-order chi connectivity index (χ1) is 8.50. The van der Waals surface area contributed by atoms with Gasteiger partial charge < -0.3 is 9.05 Å². The van der Waals surface area contributed by atoms with Crippen LogP contribution in [0.25, 0.3) is 0 Å². The van der Waals surface area contributed by atoms with E-state index in [2.05, 4.69) is 5.10 Å². The molecular formula is C11H17N2O4P. The number of nitrogens with zero attached hydrogens (tertiary/aromatic N) is 2. The van der Waals surface area contributed by atoms with E-state index in [-0.39, 0.29) is 11.9 Å². The normalized spacial score (nSPS) is 15.9. The summed E-state index contributed by atoms with van der Waals surface area (Å²) < 4.78 is 23.2. The standard InChI is InChI=1S/C11H17N2O4P/c1-13-11(8-4-5-8)9(6-12-13)10(14)7-18(15,16-2)17-3/h6,8H,4-5,7H2,1-3H3. The van der Waals surface area contributed by atoms with Crippen LogP contribution in [0.1, 0.15) is 34.8 Å². The number of aromatic nitrogens is 2. The van der Waals surface area contributed by atoms with Crippen molar-refractivity contribution < 1.29 is 18.4 Å². The molecule has 0 amide bonds. The summed E-state index contributed by atoms with van der Waals surface area (Å²) in [5, 5.41) is 4.11. The minimum absolute atomic E-state index is 0.239. The van der Waals surface area contributed by atoms with E-state index in [1.807, 2.05) is 7.05 Å². The molecule has 1 fully saturated rings. The number of hydrogen-bond donors (Lipinski definition) is 0. The molecule has 18 heavy (non-hydrogen) atoms. The zero-order chi connectivity index (χ0) is 13.3. The van der Waals surface area contributed by atoms with Gasteiger partial charge in [0, 0.05) is 27.2 Å². The molecule has 0 saturated heterocycles. The van der Waals surface area contributed by atoms with Gasteiger partial charge >= 0.3 is 7.60 Å². The first kappa shape index (κ1) is 13.5. The van der Waals surface area contributed by atoms with E-state index in [4.69, 9.17) is 9.05 Å². The Kier molecular flexibility index (Phi) is 3.71. The smallest absolute Gasteiger partial charge is 0.312 e. The molecule has 0 aliphatic heterocycles. The zero-order valence-corrected chi connectivity index (χ0v) is 11.6. The molecular weight excluding hydrogens is 255 g/mol. The van der Waals surface area contributed by atoms with Crippen LogP contribution in [-0.2, 0) is 20.7 Å². The summed E-state index contributed by atoms with van der Waals surface area (Å²) in [7, 11) is 1.07. The van der Waals surface area contributed by atoms with E-state index in [1.54, 1.807) is 4.68 Å². The van der Waals surface area contributed by atoms with E-state index >= 15 is 0 Å². The molecule has 0 bridgehead atoms. The van der Waals surface area contributed by atoms with Gasteiger partial charge in [-0.2, -0.15) is 5.10 Å². The van der Waals surface area contributed by atoms with E-state index in [0.717, 1.165) is 18.5 Å². The molecule has 7 heteroatoms. The van der Waals surface area contributed by atoms with Gasteiger partial charge in [0.2, 0.25) is 0 Å². The second-order valence-corrected chi connectivity index (χ2v) is 6.67. The molecule has 1 aliphatic rings. The molecule has 1 aromatic heterocycles. The molecule has 6 nitrogen and oxygen atoms in total. The number of carbonyl (C=O) groups excluding carboxylic acids is 1. The summed E-state index contributed by atoms with van der Waals surface area (Å²) >= 11 is 0. The van der Waals surface area contributed by atoms with E-state index < -0.39 is 7.60 Å². The van der Waals surface area contributed by atoms with Crippen LogP contribution in [0.5, 0.6) is 0 Å². The van der Waals surface area contributed by atoms with Crippen molar-refractivity contribution in [1.29, 1.82) is 0 Å². The van der Waals surface area contributed by atoms with Gasteiger partial charge in [-0.15, -0.1) is 0 Å². The van der Waals surface area contributed by atoms with Crippen molar-refractivity contribution in [3.05, 3.63) is 17.5 Å². The summed E-state index contributed by atoms with van der Waals surface area (Å²) in [6.07, 6.45) is 3.44. The van der Waals surface area contributed by atoms with Crippen LogP contribution < -0.4 is 0 Å². The quantitative estimate of drug-likeness (QED) is 0.585. The molecule has 0 atom stereocenters. The fourth-order valence-electron chi connectivity index (χ4n) is 1.97. The molecule has 1 heterocycles. The second-order valence-electron chi connectivity index (χ2n) is 4.40. The highest BCUT2D eigenvalue weighted by Crippen LogP contribution is 2.47. The van der Waals surface area contributed by atoms with E-state index in [9.17, 15) is 9.36 Å². The third-order valence-corrected chi connectivity index (χ3v) is 4.93. The van der Waals surface area contributed by atoms with Crippen LogP contribution in [0, 0.1) is 0 Å². The van der Waals surface area contributed by atoms with Crippen molar-refractivity contribution in [3.63, 3.8) is 0 Å². The van der Waals surface area contributed by atoms with Crippen molar-refractivity contribution in [3.8, 4) is 0 Å². The fraction of sp³-hybridized carbons (Fsp3) is 0.636. The monoisotopic (exact) mass is 272 g/mol. The van der Waals surface area contributed by atoms with Gasteiger partial charge in [0.1, 0.15) is 6.16 Å². The maximum Gasteiger partial charge on any atom is 0.337 e. The second kappa shape index (κ2) is 4.96. The fourth-order valence-corrected chi connectivity index (χ4v) is 2.90. The van der Waals surface area contributed by atoms with Gasteiger partial charge in [0.15, 0.2) is 5.78 Å². The molecule has 0 radical (unpaired) electrons. The Labute approximate surface area is 106 Å². The average Bonchev–Trinajstić information content (AvgIpc) is 3.12. The molecule has 0 aromatic carbocycles. The van der Waals surface area contributed by atoms with Crippen molar-refractivity contribution in [2.75, 3.05) is 20.4 Å². The topological polar surface area (TPSA) is 70.4 Å². The Bertz CT molecular complexity index is 499. The highest BCUT2D eigenvalue weighted by Gasteiger charge is 2.34. The first-order valence-corrected chi connectivity index (χ1v) is 7.49. The van der Waals surface area contributed by atoms with Crippen LogP contribution in [0.4, 0.5) is 0 Å². The van der Waals surface area contributed by atoms with Crippen LogP contribution in [0.3, 0.4) is 0 Å². The molecule has 0 unspecified atom stereocenters. The minimum Gasteiger partial charge on any atom is -0.312 e. The van der Waals surface area contributed by atoms with Crippen molar-refractivity contribution in [2.24, 2.45) is 7.05 Å². The minimum atomic E-state index is -3.31. The molecule has 1 aromatic rings. The predicted octanol–water partition coefficient (Wildman–Crippen LogP) is 1.97. The molecule has 100 valence electrons. The lowest BCUT2D eigenvalue weighted by molar-refractivity contribution is 0.101. The molecule has 2 rings (SSSR count). The SMILES string of the molecule is COP(=O)(CC(=O)c1cnn(C)c1C1CC1)OC. The van der Waals surface area contributed by atoms with Gasteiger partial charge in [-0.05, 0) is 12.8 Å². The third kappa shape index (κ3) is 2.55. The Hall–Kier alpha value is -0.970. The van der Waals surface area contributed by atoms with Crippen LogP contribution >= 0.6 is 7.60 Å². The van der Waals surface area contributed by atoms with Crippen LogP contribution in [0.2, 0.25) is 0 Å². The van der Waals surface area contributed by atoms with E-state index in [1.165, 1.54) is 20.4 Å². The number of aryl methyl sites for hydroxylation is 1. The van der Waals surface area contributed by atoms with Crippen LogP contribution in [-0.4, -0.2) is 35.9 Å². The molecule has 0 spiro atoms. The lowest BCUT2D eigenvalue weighted by Gasteiger charge is -2.12. The van der Waals surface area contributed by atoms with Gasteiger partial charge in [-0.3, -0.25) is 14.0 Å². The molecule has 1 saturated carbocycles. The number of rotatable bonds is 6. The van der Waals surface area contributed by atoms with Gasteiger partial charge in [-0.1, -0.05) is 0 Å². The Morgan fingerprint density at radius 2 is 2.11 bits per heavy atom. The predicted molar refractivity (Wildman–Crippen MR) is 66.0 cm³/mol. The van der Waals surface area contributed by atoms with Crippen molar-refractivity contribution >= 4 is 13.4 Å². The molecule has 0 N–H and O–H groups in total. The zero-order valence-electron chi connectivity index (χ0n) is 10.8. The summed E-state index contributed by atoms with van der Waals surface area (Å²) in [5.74, 6) is 0.165. The third-order valence-electron chi connectivity index (χ3n) is 3.14. The summed E-state index contributed by atoms with van der Waals surface area (Å²) in [4.78, 5) is 12.2. The van der Waals surface area contributed by atoms with Crippen LogP contribution in [0.15, 0.2) is 6.20 Å². The van der Waals surface area contributed by atoms with E-state index in [0.29, 0.717) is 11.5 Å². The summed E-state index contributed by atoms with van der Waals surface area (Å²) in [5.41, 5.74) is 1.47. The Balaban J connectivity index is 2.21. The highest BCUT2D eigenvalue weighted by molar-refractivity contribution is 7.54. The maximum atomic E-state index is 12.2. The maximum absolute atomic E-state index is 12.2. The number of ketones is 1. The first-order valence-electron chi connectivity index (χ1n) is 5.76. The Morgan fingerprint density at radius 1 is 1.50 bits per heavy atom. The largest absolute Gasteiger partial charge is 0.337 e. The van der Waals surface area contributed by atoms with Crippen molar-refractivity contribution in [2.45, 2.75) is 18.8 Å². The van der Waals surface area contributed by atoms with Gasteiger partial charge in [-0.25, -0.2) is 0 Å². The summed E-state index contributed by atoms with van der Waals surface area (Å²) in [6.45, 7) is 0. The lowest BCUT2D eigenvalue weighted by Crippen LogP contribution is -2.10. The Morgan fingerprint density at radius 3 is 2.61 bits per heavy atom. The number of carbonyl (C=O) groups is 1. The van der Waals surface area contributed by atoms with Crippen molar-refractivity contribution in [1.82, 2.24) is 9.78 Å². The van der Waals surface area contributed by atoms with Gasteiger partial charge in [0.05, 0.1) is 17.5 Å².